The fraction of sp³-hybridized carbons (Fsp3) is 0.818. The maximum atomic E-state index is 4.39. The Hall–Kier alpha value is -0.130. The van der Waals surface area contributed by atoms with Gasteiger partial charge in [-0.05, 0) is 50.2 Å². The monoisotopic (exact) mass is 257 g/mol. The van der Waals surface area contributed by atoms with Crippen LogP contribution in [0.2, 0.25) is 0 Å². The summed E-state index contributed by atoms with van der Waals surface area (Å²) in [6, 6.07) is 0.675. The molecular formula is C11H19N3S2. The lowest BCUT2D eigenvalue weighted by Crippen LogP contribution is -2.33. The fourth-order valence-electron chi connectivity index (χ4n) is 1.69. The van der Waals surface area contributed by atoms with E-state index >= 15 is 0 Å². The number of hydrogen-bond donors (Lipinski definition) is 1. The standard InChI is InChI=1S/C11H19N3S2/c1-3-6-12-10(9-4-5-9)7-15-11-13-8(2)14-16-11/h9-10,12H,3-7H2,1-2H3. The molecule has 0 radical (unpaired) electrons. The Balaban J connectivity index is 1.77. The highest BCUT2D eigenvalue weighted by atomic mass is 32.2. The minimum absolute atomic E-state index is 0.675. The number of thioether (sulfide) groups is 1. The highest BCUT2D eigenvalue weighted by molar-refractivity contribution is 8.00. The number of rotatable bonds is 7. The van der Waals surface area contributed by atoms with E-state index in [1.165, 1.54) is 30.8 Å². The fourth-order valence-corrected chi connectivity index (χ4v) is 3.55. The number of hydrogen-bond acceptors (Lipinski definition) is 5. The second-order valence-corrected chi connectivity index (χ2v) is 6.34. The van der Waals surface area contributed by atoms with Crippen molar-refractivity contribution in [1.29, 1.82) is 0 Å². The van der Waals surface area contributed by atoms with E-state index in [2.05, 4.69) is 21.6 Å². The molecule has 5 heteroatoms. The van der Waals surface area contributed by atoms with Crippen LogP contribution in [0.15, 0.2) is 4.34 Å². The lowest BCUT2D eigenvalue weighted by atomic mass is 10.2. The van der Waals surface area contributed by atoms with Crippen LogP contribution in [0.4, 0.5) is 0 Å². The minimum Gasteiger partial charge on any atom is -0.313 e. The summed E-state index contributed by atoms with van der Waals surface area (Å²) in [5, 5.41) is 3.64. The molecule has 1 aromatic heterocycles. The van der Waals surface area contributed by atoms with E-state index in [1.54, 1.807) is 0 Å². The molecular weight excluding hydrogens is 238 g/mol. The molecule has 0 bridgehead atoms. The summed E-state index contributed by atoms with van der Waals surface area (Å²) in [5.74, 6) is 2.95. The van der Waals surface area contributed by atoms with Crippen LogP contribution in [0.25, 0.3) is 0 Å². The van der Waals surface area contributed by atoms with Gasteiger partial charge in [0.1, 0.15) is 5.82 Å². The second-order valence-electron chi connectivity index (χ2n) is 4.32. The lowest BCUT2D eigenvalue weighted by Gasteiger charge is -2.16. The van der Waals surface area contributed by atoms with E-state index in [0.29, 0.717) is 6.04 Å². The molecule has 1 fully saturated rings. The van der Waals surface area contributed by atoms with Crippen molar-refractivity contribution in [2.75, 3.05) is 12.3 Å². The van der Waals surface area contributed by atoms with Crippen molar-refractivity contribution in [3.05, 3.63) is 5.82 Å². The normalized spacial score (nSPS) is 17.6. The highest BCUT2D eigenvalue weighted by Crippen LogP contribution is 2.35. The molecule has 2 rings (SSSR count). The number of aryl methyl sites for hydroxylation is 1. The zero-order valence-corrected chi connectivity index (χ0v) is 11.5. The maximum Gasteiger partial charge on any atom is 0.170 e. The number of aromatic nitrogens is 2. The van der Waals surface area contributed by atoms with Gasteiger partial charge in [-0.2, -0.15) is 4.37 Å². The molecule has 1 aliphatic carbocycles. The average molecular weight is 257 g/mol. The van der Waals surface area contributed by atoms with E-state index < -0.39 is 0 Å². The first-order valence-corrected chi connectivity index (χ1v) is 7.72. The van der Waals surface area contributed by atoms with Crippen LogP contribution in [0.1, 0.15) is 32.0 Å². The quantitative estimate of drug-likeness (QED) is 0.762. The van der Waals surface area contributed by atoms with Gasteiger partial charge in [-0.1, -0.05) is 18.7 Å². The molecule has 1 unspecified atom stereocenters. The van der Waals surface area contributed by atoms with Gasteiger partial charge in [-0.15, -0.1) is 0 Å². The van der Waals surface area contributed by atoms with E-state index in [9.17, 15) is 0 Å². The highest BCUT2D eigenvalue weighted by Gasteiger charge is 2.30. The van der Waals surface area contributed by atoms with Gasteiger partial charge in [0.05, 0.1) is 0 Å². The topological polar surface area (TPSA) is 37.8 Å². The Morgan fingerprint density at radius 3 is 2.94 bits per heavy atom. The summed E-state index contributed by atoms with van der Waals surface area (Å²) in [6.45, 7) is 5.31. The van der Waals surface area contributed by atoms with Crippen molar-refractivity contribution >= 4 is 23.3 Å². The molecule has 0 aliphatic heterocycles. The van der Waals surface area contributed by atoms with Gasteiger partial charge in [0.25, 0.3) is 0 Å². The molecule has 16 heavy (non-hydrogen) atoms. The number of nitrogens with one attached hydrogen (secondary N) is 1. The summed E-state index contributed by atoms with van der Waals surface area (Å²) in [7, 11) is 0. The van der Waals surface area contributed by atoms with Crippen LogP contribution in [0.3, 0.4) is 0 Å². The first kappa shape index (κ1) is 12.3. The van der Waals surface area contributed by atoms with Crippen molar-refractivity contribution in [3.63, 3.8) is 0 Å². The molecule has 1 N–H and O–H groups in total. The third kappa shape index (κ3) is 3.71. The predicted octanol–water partition coefficient (Wildman–Crippen LogP) is 2.72. The zero-order valence-electron chi connectivity index (χ0n) is 9.90. The van der Waals surface area contributed by atoms with Crippen molar-refractivity contribution in [2.24, 2.45) is 5.92 Å². The predicted molar refractivity (Wildman–Crippen MR) is 70.2 cm³/mol. The average Bonchev–Trinajstić information content (AvgIpc) is 3.03. The molecule has 1 atom stereocenters. The Kier molecular flexibility index (Phi) is 4.61. The Morgan fingerprint density at radius 1 is 1.56 bits per heavy atom. The van der Waals surface area contributed by atoms with Crippen LogP contribution in [0.5, 0.6) is 0 Å². The van der Waals surface area contributed by atoms with Crippen molar-refractivity contribution in [1.82, 2.24) is 14.7 Å². The van der Waals surface area contributed by atoms with Crippen LogP contribution < -0.4 is 5.32 Å². The van der Waals surface area contributed by atoms with Gasteiger partial charge in [-0.25, -0.2) is 4.98 Å². The van der Waals surface area contributed by atoms with Gasteiger partial charge in [-0.3, -0.25) is 0 Å². The van der Waals surface area contributed by atoms with E-state index in [1.807, 2.05) is 18.7 Å². The van der Waals surface area contributed by atoms with Gasteiger partial charge in [0.2, 0.25) is 0 Å². The molecule has 0 saturated heterocycles. The van der Waals surface area contributed by atoms with E-state index in [4.69, 9.17) is 0 Å². The molecule has 0 spiro atoms. The van der Waals surface area contributed by atoms with Crippen LogP contribution in [-0.2, 0) is 0 Å². The summed E-state index contributed by atoms with van der Waals surface area (Å²) in [5.41, 5.74) is 0. The summed E-state index contributed by atoms with van der Waals surface area (Å²) >= 11 is 3.37. The van der Waals surface area contributed by atoms with E-state index in [0.717, 1.165) is 28.4 Å². The third-order valence-electron chi connectivity index (χ3n) is 2.74. The molecule has 1 aromatic rings. The van der Waals surface area contributed by atoms with Crippen molar-refractivity contribution in [2.45, 2.75) is 43.5 Å². The number of nitrogens with zero attached hydrogens (tertiary/aromatic N) is 2. The van der Waals surface area contributed by atoms with Crippen LogP contribution >= 0.6 is 23.3 Å². The first-order valence-electron chi connectivity index (χ1n) is 5.96. The van der Waals surface area contributed by atoms with Crippen molar-refractivity contribution < 1.29 is 0 Å². The van der Waals surface area contributed by atoms with Gasteiger partial charge in [0, 0.05) is 11.8 Å². The molecule has 0 amide bonds. The Bertz CT molecular complexity index is 323. The zero-order chi connectivity index (χ0) is 11.4. The largest absolute Gasteiger partial charge is 0.313 e. The van der Waals surface area contributed by atoms with Crippen molar-refractivity contribution in [3.8, 4) is 0 Å². The molecule has 1 aliphatic rings. The van der Waals surface area contributed by atoms with Gasteiger partial charge in [0.15, 0.2) is 4.34 Å². The maximum absolute atomic E-state index is 4.39. The summed E-state index contributed by atoms with van der Waals surface area (Å²) in [4.78, 5) is 4.39. The van der Waals surface area contributed by atoms with E-state index in [-0.39, 0.29) is 0 Å². The van der Waals surface area contributed by atoms with Gasteiger partial charge >= 0.3 is 0 Å². The van der Waals surface area contributed by atoms with Crippen LogP contribution in [0, 0.1) is 12.8 Å². The first-order chi connectivity index (χ1) is 7.79. The lowest BCUT2D eigenvalue weighted by molar-refractivity contribution is 0.503. The molecule has 1 saturated carbocycles. The molecule has 0 aromatic carbocycles. The molecule has 3 nitrogen and oxygen atoms in total. The SMILES string of the molecule is CCCNC(CSc1nc(C)ns1)C1CC1. The molecule has 1 heterocycles. The molecule has 90 valence electrons. The minimum atomic E-state index is 0.675. The van der Waals surface area contributed by atoms with Crippen LogP contribution in [-0.4, -0.2) is 27.7 Å². The smallest absolute Gasteiger partial charge is 0.170 e. The Labute approximate surface area is 106 Å². The Morgan fingerprint density at radius 2 is 2.38 bits per heavy atom. The third-order valence-corrected chi connectivity index (χ3v) is 4.79. The van der Waals surface area contributed by atoms with Gasteiger partial charge < -0.3 is 5.32 Å². The summed E-state index contributed by atoms with van der Waals surface area (Å²) in [6.07, 6.45) is 4.01. The second kappa shape index (κ2) is 5.98. The summed E-state index contributed by atoms with van der Waals surface area (Å²) < 4.78 is 5.32.